The lowest BCUT2D eigenvalue weighted by molar-refractivity contribution is -0.122. The number of hydrogen-bond donors (Lipinski definition) is 1. The lowest BCUT2D eigenvalue weighted by atomic mass is 10.1. The molecule has 1 heterocycles. The summed E-state index contributed by atoms with van der Waals surface area (Å²) in [6.07, 6.45) is 1.53. The first-order valence-electron chi connectivity index (χ1n) is 8.10. The summed E-state index contributed by atoms with van der Waals surface area (Å²) in [7, 11) is 0. The van der Waals surface area contributed by atoms with Crippen molar-refractivity contribution in [3.05, 3.63) is 67.7 Å². The van der Waals surface area contributed by atoms with Gasteiger partial charge in [0, 0.05) is 11.0 Å². The van der Waals surface area contributed by atoms with Crippen LogP contribution in [0, 0.1) is 0 Å². The Kier molecular flexibility index (Phi) is 6.09. The highest BCUT2D eigenvalue weighted by Crippen LogP contribution is 2.35. The van der Waals surface area contributed by atoms with E-state index in [2.05, 4.69) is 21.2 Å². The molecule has 27 heavy (non-hydrogen) atoms. The Morgan fingerprint density at radius 1 is 1.15 bits per heavy atom. The molecule has 3 amide bonds. The number of benzene rings is 2. The van der Waals surface area contributed by atoms with Gasteiger partial charge in [0.25, 0.3) is 5.91 Å². The molecule has 0 saturated carbocycles. The number of carbonyl (C=O) groups is 2. The fourth-order valence-corrected chi connectivity index (χ4v) is 3.44. The quantitative estimate of drug-likeness (QED) is 0.480. The molecule has 0 bridgehead atoms. The van der Waals surface area contributed by atoms with Gasteiger partial charge in [-0.1, -0.05) is 51.3 Å². The van der Waals surface area contributed by atoms with E-state index in [1.165, 1.54) is 6.08 Å². The van der Waals surface area contributed by atoms with E-state index in [4.69, 9.17) is 27.9 Å². The van der Waals surface area contributed by atoms with Crippen LogP contribution in [0.1, 0.15) is 18.1 Å². The van der Waals surface area contributed by atoms with Gasteiger partial charge in [0.2, 0.25) is 0 Å². The first kappa shape index (κ1) is 19.7. The maximum Gasteiger partial charge on any atom is 0.328 e. The number of likely N-dealkylation sites (N-methyl/N-ethyl adjacent to an activating group) is 1. The van der Waals surface area contributed by atoms with Gasteiger partial charge in [-0.15, -0.1) is 0 Å². The van der Waals surface area contributed by atoms with E-state index in [0.29, 0.717) is 34.5 Å². The highest BCUT2D eigenvalue weighted by Gasteiger charge is 2.32. The Balaban J connectivity index is 1.79. The van der Waals surface area contributed by atoms with Gasteiger partial charge in [0.1, 0.15) is 12.3 Å². The summed E-state index contributed by atoms with van der Waals surface area (Å²) in [6.45, 7) is 2.34. The van der Waals surface area contributed by atoms with Crippen LogP contribution in [0.5, 0.6) is 5.75 Å². The van der Waals surface area contributed by atoms with Crippen LogP contribution in [0.2, 0.25) is 10.0 Å². The predicted molar refractivity (Wildman–Crippen MR) is 109 cm³/mol. The number of nitrogens with one attached hydrogen (secondary N) is 1. The number of halogens is 3. The third-order valence-electron chi connectivity index (χ3n) is 3.91. The lowest BCUT2D eigenvalue weighted by Gasteiger charge is -2.11. The SMILES string of the molecule is CCN1C(=O)N/C(=C/c2cc(Cl)c(OCc3ccc(Br)cc3)c(Cl)c2)C1=O. The Hall–Kier alpha value is -2.02. The molecule has 0 aliphatic carbocycles. The zero-order chi connectivity index (χ0) is 19.6. The molecule has 5 nitrogen and oxygen atoms in total. The molecule has 140 valence electrons. The van der Waals surface area contributed by atoms with E-state index in [1.807, 2.05) is 24.3 Å². The van der Waals surface area contributed by atoms with Crippen molar-refractivity contribution < 1.29 is 14.3 Å². The first-order valence-corrected chi connectivity index (χ1v) is 9.64. The number of imide groups is 1. The molecule has 1 saturated heterocycles. The monoisotopic (exact) mass is 468 g/mol. The molecule has 0 atom stereocenters. The van der Waals surface area contributed by atoms with Crippen molar-refractivity contribution >= 4 is 57.1 Å². The molecule has 3 rings (SSSR count). The van der Waals surface area contributed by atoms with Crippen LogP contribution < -0.4 is 10.1 Å². The highest BCUT2D eigenvalue weighted by molar-refractivity contribution is 9.10. The number of rotatable bonds is 5. The van der Waals surface area contributed by atoms with Gasteiger partial charge in [-0.25, -0.2) is 4.79 Å². The molecule has 1 aliphatic rings. The number of hydrogen-bond acceptors (Lipinski definition) is 3. The zero-order valence-corrected chi connectivity index (χ0v) is 17.4. The molecule has 8 heteroatoms. The summed E-state index contributed by atoms with van der Waals surface area (Å²) < 4.78 is 6.73. The summed E-state index contributed by atoms with van der Waals surface area (Å²) in [5.74, 6) is -0.0225. The molecule has 1 aliphatic heterocycles. The van der Waals surface area contributed by atoms with Gasteiger partial charge >= 0.3 is 6.03 Å². The minimum absolute atomic E-state index is 0.178. The molecule has 0 aromatic heterocycles. The van der Waals surface area contributed by atoms with Crippen molar-refractivity contribution in [1.29, 1.82) is 0 Å². The number of nitrogens with zero attached hydrogens (tertiary/aromatic N) is 1. The maximum atomic E-state index is 12.2. The molecule has 1 fully saturated rings. The standard InChI is InChI=1S/C19H15BrCl2N2O3/c1-2-24-18(25)16(23-19(24)26)9-12-7-14(21)17(15(22)8-12)27-10-11-3-5-13(20)6-4-11/h3-9H,2,10H2,1H3,(H,23,26)/b16-9+. The Bertz CT molecular complexity index is 906. The Morgan fingerprint density at radius 2 is 1.78 bits per heavy atom. The fraction of sp³-hybridized carbons (Fsp3) is 0.158. The first-order chi connectivity index (χ1) is 12.9. The normalized spacial score (nSPS) is 15.4. The van der Waals surface area contributed by atoms with Crippen LogP contribution in [0.4, 0.5) is 4.79 Å². The average Bonchev–Trinajstić information content (AvgIpc) is 2.88. The minimum Gasteiger partial charge on any atom is -0.486 e. The number of amides is 3. The van der Waals surface area contributed by atoms with Crippen molar-refractivity contribution in [2.24, 2.45) is 0 Å². The zero-order valence-electron chi connectivity index (χ0n) is 14.3. The van der Waals surface area contributed by atoms with Crippen LogP contribution in [-0.4, -0.2) is 23.4 Å². The number of ether oxygens (including phenoxy) is 1. The van der Waals surface area contributed by atoms with Crippen molar-refractivity contribution in [2.75, 3.05) is 6.54 Å². The van der Waals surface area contributed by atoms with Gasteiger partial charge < -0.3 is 10.1 Å². The fourth-order valence-electron chi connectivity index (χ4n) is 2.56. The smallest absolute Gasteiger partial charge is 0.328 e. The highest BCUT2D eigenvalue weighted by atomic mass is 79.9. The lowest BCUT2D eigenvalue weighted by Crippen LogP contribution is -2.30. The Labute approximate surface area is 175 Å². The van der Waals surface area contributed by atoms with Crippen molar-refractivity contribution in [3.63, 3.8) is 0 Å². The molecular weight excluding hydrogens is 455 g/mol. The third-order valence-corrected chi connectivity index (χ3v) is 5.00. The van der Waals surface area contributed by atoms with Crippen LogP contribution in [0.3, 0.4) is 0 Å². The van der Waals surface area contributed by atoms with Gasteiger partial charge in [0.15, 0.2) is 5.75 Å². The van der Waals surface area contributed by atoms with E-state index < -0.39 is 6.03 Å². The molecule has 0 radical (unpaired) electrons. The maximum absolute atomic E-state index is 12.2. The van der Waals surface area contributed by atoms with E-state index in [9.17, 15) is 9.59 Å². The van der Waals surface area contributed by atoms with E-state index in [-0.39, 0.29) is 11.6 Å². The molecule has 1 N–H and O–H groups in total. The average molecular weight is 470 g/mol. The third kappa shape index (κ3) is 4.46. The molecule has 0 spiro atoms. The van der Waals surface area contributed by atoms with Gasteiger partial charge in [-0.2, -0.15) is 0 Å². The predicted octanol–water partition coefficient (Wildman–Crippen LogP) is 5.25. The topological polar surface area (TPSA) is 58.6 Å². The molecule has 2 aromatic carbocycles. The summed E-state index contributed by atoms with van der Waals surface area (Å²) in [4.78, 5) is 25.0. The van der Waals surface area contributed by atoms with E-state index >= 15 is 0 Å². The van der Waals surface area contributed by atoms with Crippen molar-refractivity contribution in [2.45, 2.75) is 13.5 Å². The van der Waals surface area contributed by atoms with Crippen LogP contribution in [-0.2, 0) is 11.4 Å². The van der Waals surface area contributed by atoms with Crippen LogP contribution in [0.15, 0.2) is 46.6 Å². The molecular formula is C19H15BrCl2N2O3. The summed E-state index contributed by atoms with van der Waals surface area (Å²) in [5.41, 5.74) is 1.73. The number of urea groups is 1. The largest absolute Gasteiger partial charge is 0.486 e. The summed E-state index contributed by atoms with van der Waals surface area (Å²) in [6, 6.07) is 10.5. The van der Waals surface area contributed by atoms with Gasteiger partial charge in [0.05, 0.1) is 10.0 Å². The van der Waals surface area contributed by atoms with Gasteiger partial charge in [-0.3, -0.25) is 9.69 Å². The van der Waals surface area contributed by atoms with Crippen molar-refractivity contribution in [1.82, 2.24) is 10.2 Å². The molecule has 2 aromatic rings. The second kappa shape index (κ2) is 8.33. The number of carbonyl (C=O) groups excluding carboxylic acids is 2. The Morgan fingerprint density at radius 3 is 2.33 bits per heavy atom. The summed E-state index contributed by atoms with van der Waals surface area (Å²) in [5, 5.41) is 3.17. The van der Waals surface area contributed by atoms with E-state index in [1.54, 1.807) is 19.1 Å². The van der Waals surface area contributed by atoms with Crippen LogP contribution >= 0.6 is 39.1 Å². The van der Waals surface area contributed by atoms with Crippen molar-refractivity contribution in [3.8, 4) is 5.75 Å². The summed E-state index contributed by atoms with van der Waals surface area (Å²) >= 11 is 16.0. The molecule has 0 unspecified atom stereocenters. The minimum atomic E-state index is -0.444. The van der Waals surface area contributed by atoms with E-state index in [0.717, 1.165) is 14.9 Å². The van der Waals surface area contributed by atoms with Crippen LogP contribution in [0.25, 0.3) is 6.08 Å². The second-order valence-electron chi connectivity index (χ2n) is 5.77. The van der Waals surface area contributed by atoms with Gasteiger partial charge in [-0.05, 0) is 48.4 Å². The second-order valence-corrected chi connectivity index (χ2v) is 7.50.